The van der Waals surface area contributed by atoms with Crippen LogP contribution in [0.5, 0.6) is 0 Å². The van der Waals surface area contributed by atoms with E-state index in [0.29, 0.717) is 6.54 Å². The number of benzene rings is 6. The molecule has 1 aliphatic rings. The molecule has 10 rings (SSSR count). The number of fused-ring (bicyclic) bond motifs is 7. The van der Waals surface area contributed by atoms with Crippen molar-refractivity contribution in [2.45, 2.75) is 32.5 Å². The molecule has 0 saturated heterocycles. The minimum atomic E-state index is -0.539. The zero-order chi connectivity index (χ0) is 35.5. The zero-order valence-corrected chi connectivity index (χ0v) is 30.1. The highest BCUT2D eigenvalue weighted by Crippen LogP contribution is 2.41. The third kappa shape index (κ3) is 4.92. The molecule has 6 aromatic carbocycles. The maximum atomic E-state index is 2.63. The first-order valence-electron chi connectivity index (χ1n) is 18.6. The molecule has 0 aliphatic carbocycles. The molecule has 0 bridgehead atoms. The predicted molar refractivity (Wildman–Crippen MR) is 215 cm³/mol. The molecule has 4 heterocycles. The molecule has 1 aliphatic heterocycles. The molecular formula is C50H40N3+3. The van der Waals surface area contributed by atoms with Gasteiger partial charge in [0.05, 0.1) is 27.3 Å². The van der Waals surface area contributed by atoms with Crippen molar-refractivity contribution in [3.8, 4) is 33.8 Å². The van der Waals surface area contributed by atoms with Crippen LogP contribution in [0.2, 0.25) is 0 Å². The minimum absolute atomic E-state index is 0.539. The average molecular weight is 683 g/mol. The van der Waals surface area contributed by atoms with Crippen molar-refractivity contribution in [2.24, 2.45) is 0 Å². The van der Waals surface area contributed by atoms with Crippen molar-refractivity contribution in [1.29, 1.82) is 0 Å². The molecule has 0 amide bonds. The maximum absolute atomic E-state index is 2.63. The van der Waals surface area contributed by atoms with Crippen LogP contribution in [0.15, 0.2) is 182 Å². The van der Waals surface area contributed by atoms with E-state index in [1.807, 2.05) is 0 Å². The van der Waals surface area contributed by atoms with Crippen LogP contribution in [-0.2, 0) is 18.6 Å². The van der Waals surface area contributed by atoms with Crippen LogP contribution in [-0.4, -0.2) is 0 Å². The summed E-state index contributed by atoms with van der Waals surface area (Å²) in [5, 5.41) is 7.51. The van der Waals surface area contributed by atoms with Crippen molar-refractivity contribution in [1.82, 2.24) is 0 Å². The van der Waals surface area contributed by atoms with E-state index in [0.717, 1.165) is 6.54 Å². The Bertz CT molecular complexity index is 2890. The number of hydrogen-bond acceptors (Lipinski definition) is 0. The number of nitrogens with zero attached hydrogens (tertiary/aromatic N) is 3. The van der Waals surface area contributed by atoms with Gasteiger partial charge in [-0.25, -0.2) is 0 Å². The quantitative estimate of drug-likeness (QED) is 0.160. The van der Waals surface area contributed by atoms with Crippen molar-refractivity contribution >= 4 is 32.3 Å². The molecule has 3 heteroatoms. The van der Waals surface area contributed by atoms with Gasteiger partial charge in [0.1, 0.15) is 0 Å². The van der Waals surface area contributed by atoms with Crippen molar-refractivity contribution < 1.29 is 13.7 Å². The van der Waals surface area contributed by atoms with Gasteiger partial charge in [0.25, 0.3) is 0 Å². The molecular weight excluding hydrogens is 643 g/mol. The topological polar surface area (TPSA) is 11.6 Å². The summed E-state index contributed by atoms with van der Waals surface area (Å²) >= 11 is 0. The summed E-state index contributed by atoms with van der Waals surface area (Å²) in [7, 11) is 0. The fraction of sp³-hybridized carbons (Fsp3) is 0.100. The maximum Gasteiger partial charge on any atom is 0.310 e. The van der Waals surface area contributed by atoms with Gasteiger partial charge in [-0.15, -0.1) is 0 Å². The highest BCUT2D eigenvalue weighted by molar-refractivity contribution is 5.96. The van der Waals surface area contributed by atoms with Crippen molar-refractivity contribution in [3.63, 3.8) is 0 Å². The van der Waals surface area contributed by atoms with Gasteiger partial charge in [-0.2, -0.15) is 13.7 Å². The molecule has 3 nitrogen and oxygen atoms in total. The van der Waals surface area contributed by atoms with Crippen LogP contribution in [0.1, 0.15) is 16.7 Å². The summed E-state index contributed by atoms with van der Waals surface area (Å²) in [6, 6.07) is 60.3. The highest BCUT2D eigenvalue weighted by atomic mass is 15.2. The van der Waals surface area contributed by atoms with Gasteiger partial charge >= 0.3 is 5.54 Å². The Morgan fingerprint density at radius 3 is 1.55 bits per heavy atom. The molecule has 0 radical (unpaired) electrons. The van der Waals surface area contributed by atoms with Crippen molar-refractivity contribution in [2.75, 3.05) is 0 Å². The number of rotatable bonds is 5. The van der Waals surface area contributed by atoms with Crippen LogP contribution in [0.4, 0.5) is 0 Å². The Morgan fingerprint density at radius 2 is 0.906 bits per heavy atom. The normalized spacial score (nSPS) is 15.1. The molecule has 0 N–H and O–H groups in total. The summed E-state index contributed by atoms with van der Waals surface area (Å²) in [5.74, 6) is 0. The summed E-state index contributed by atoms with van der Waals surface area (Å²) < 4.78 is 7.69. The second kappa shape index (κ2) is 12.4. The fourth-order valence-corrected chi connectivity index (χ4v) is 9.07. The van der Waals surface area contributed by atoms with E-state index < -0.39 is 5.54 Å². The van der Waals surface area contributed by atoms with Gasteiger partial charge in [0.15, 0.2) is 18.6 Å². The summed E-state index contributed by atoms with van der Waals surface area (Å²) in [4.78, 5) is 0. The Labute approximate surface area is 310 Å². The Hall–Kier alpha value is -6.45. The number of pyridine rings is 3. The molecule has 9 aromatic rings. The van der Waals surface area contributed by atoms with Gasteiger partial charge in [-0.1, -0.05) is 109 Å². The fourth-order valence-electron chi connectivity index (χ4n) is 9.07. The number of aromatic nitrogens is 3. The van der Waals surface area contributed by atoms with E-state index >= 15 is 0 Å². The molecule has 3 aromatic heterocycles. The standard InChI is InChI=1S/C50H40N3/c1-35-15-3-8-20-40(35)47-42-22-10-5-17-37(42)27-30-51(47)33-50(53-32-29-39-19-7-12-24-44(39)49(53)41-21-9-4-16-36(41)2)34-52-31-28-38-18-6-11-23-43(38)48(52)45-25-13-14-26-46(45)50/h3-32H,33-34H2,1-2H3/q+3. The van der Waals surface area contributed by atoms with E-state index in [9.17, 15) is 0 Å². The Kier molecular flexibility index (Phi) is 7.29. The first-order valence-corrected chi connectivity index (χ1v) is 18.6. The molecule has 0 fully saturated rings. The van der Waals surface area contributed by atoms with E-state index in [-0.39, 0.29) is 0 Å². The first-order chi connectivity index (χ1) is 26.1. The van der Waals surface area contributed by atoms with Crippen LogP contribution in [0, 0.1) is 13.8 Å². The lowest BCUT2D eigenvalue weighted by molar-refractivity contribution is -0.859. The molecule has 53 heavy (non-hydrogen) atoms. The second-order valence-electron chi connectivity index (χ2n) is 14.6. The van der Waals surface area contributed by atoms with Crippen LogP contribution >= 0.6 is 0 Å². The summed E-state index contributed by atoms with van der Waals surface area (Å²) in [6.45, 7) is 5.94. The van der Waals surface area contributed by atoms with Gasteiger partial charge in [-0.05, 0) is 77.5 Å². The van der Waals surface area contributed by atoms with Crippen LogP contribution < -0.4 is 13.7 Å². The van der Waals surface area contributed by atoms with E-state index in [1.165, 1.54) is 82.8 Å². The van der Waals surface area contributed by atoms with Gasteiger partial charge < -0.3 is 0 Å². The number of hydrogen-bond donors (Lipinski definition) is 0. The van der Waals surface area contributed by atoms with Gasteiger partial charge in [0, 0.05) is 29.3 Å². The zero-order valence-electron chi connectivity index (χ0n) is 30.1. The van der Waals surface area contributed by atoms with Crippen molar-refractivity contribution in [3.05, 3.63) is 199 Å². The van der Waals surface area contributed by atoms with Gasteiger partial charge in [-0.3, -0.25) is 0 Å². The largest absolute Gasteiger partial charge is 0.310 e. The Morgan fingerprint density at radius 1 is 0.434 bits per heavy atom. The average Bonchev–Trinajstić information content (AvgIpc) is 3.21. The molecule has 1 unspecified atom stereocenters. The minimum Gasteiger partial charge on any atom is -0.190 e. The van der Waals surface area contributed by atoms with Gasteiger partial charge in [0.2, 0.25) is 30.2 Å². The first kappa shape index (κ1) is 31.3. The third-order valence-electron chi connectivity index (χ3n) is 11.5. The van der Waals surface area contributed by atoms with Crippen LogP contribution in [0.25, 0.3) is 66.1 Å². The lowest BCUT2D eigenvalue weighted by Crippen LogP contribution is -2.71. The van der Waals surface area contributed by atoms with Crippen LogP contribution in [0.3, 0.4) is 0 Å². The number of aryl methyl sites for hydroxylation is 2. The predicted octanol–water partition coefficient (Wildman–Crippen LogP) is 10.1. The molecule has 0 saturated carbocycles. The monoisotopic (exact) mass is 682 g/mol. The van der Waals surface area contributed by atoms with E-state index in [1.54, 1.807) is 0 Å². The lowest BCUT2D eigenvalue weighted by Gasteiger charge is -2.32. The SMILES string of the molecule is Cc1ccccc1-c1c2ccccc2cc[n+]1CC1([n+]2ccc3ccccc3c2-c2ccccc2C)C[n+]2ccc3ccccc3c2-c2ccccc21. The van der Waals surface area contributed by atoms with E-state index in [2.05, 4.69) is 210 Å². The highest BCUT2D eigenvalue weighted by Gasteiger charge is 2.57. The third-order valence-corrected chi connectivity index (χ3v) is 11.5. The summed E-state index contributed by atoms with van der Waals surface area (Å²) in [6.07, 6.45) is 7.00. The van der Waals surface area contributed by atoms with E-state index in [4.69, 9.17) is 0 Å². The second-order valence-corrected chi connectivity index (χ2v) is 14.6. The summed E-state index contributed by atoms with van der Waals surface area (Å²) in [5.41, 5.74) is 10.8. The lowest BCUT2D eigenvalue weighted by atomic mass is 9.79. The molecule has 1 atom stereocenters. The molecule has 0 spiro atoms. The molecule has 252 valence electrons. The Balaban J connectivity index is 1.35. The smallest absolute Gasteiger partial charge is 0.190 e.